The molecule has 0 atom stereocenters. The molecule has 0 aliphatic carbocycles. The Bertz CT molecular complexity index is 545. The summed E-state index contributed by atoms with van der Waals surface area (Å²) >= 11 is 0. The van der Waals surface area contributed by atoms with Gasteiger partial charge < -0.3 is 5.73 Å². The number of pyridine rings is 1. The molecular formula is C10H9F3N4. The molecule has 2 rings (SSSR count). The minimum atomic E-state index is -4.41. The van der Waals surface area contributed by atoms with Crippen LogP contribution in [0, 0.1) is 6.92 Å². The Labute approximate surface area is 94.9 Å². The fraction of sp³-hybridized carbons (Fsp3) is 0.200. The van der Waals surface area contributed by atoms with Crippen LogP contribution in [0.5, 0.6) is 0 Å². The maximum absolute atomic E-state index is 12.4. The van der Waals surface area contributed by atoms with Crippen molar-refractivity contribution in [3.63, 3.8) is 0 Å². The molecular weight excluding hydrogens is 233 g/mol. The van der Waals surface area contributed by atoms with Gasteiger partial charge in [0.1, 0.15) is 0 Å². The van der Waals surface area contributed by atoms with Crippen molar-refractivity contribution in [3.8, 4) is 5.82 Å². The summed E-state index contributed by atoms with van der Waals surface area (Å²) in [6, 6.07) is 1.47. The van der Waals surface area contributed by atoms with Gasteiger partial charge in [-0.3, -0.25) is 0 Å². The first-order valence-corrected chi connectivity index (χ1v) is 4.72. The standard InChI is InChI=1S/C10H9F3N4/c1-6-3-15-9(2-8(6)14)17-5-7(4-16-17)10(11,12)13/h2-5H,1H3,(H2,14,15). The number of nitrogen functional groups attached to an aromatic ring is 1. The lowest BCUT2D eigenvalue weighted by Crippen LogP contribution is -2.04. The van der Waals surface area contributed by atoms with Crippen LogP contribution < -0.4 is 5.73 Å². The van der Waals surface area contributed by atoms with Crippen LogP contribution in [-0.4, -0.2) is 14.8 Å². The molecule has 0 spiro atoms. The van der Waals surface area contributed by atoms with Crippen molar-refractivity contribution in [3.05, 3.63) is 35.8 Å². The fourth-order valence-electron chi connectivity index (χ4n) is 1.25. The third-order valence-corrected chi connectivity index (χ3v) is 2.28. The first-order chi connectivity index (χ1) is 7.88. The molecule has 0 unspecified atom stereocenters. The van der Waals surface area contributed by atoms with E-state index in [1.54, 1.807) is 6.92 Å². The molecule has 2 aromatic rings. The van der Waals surface area contributed by atoms with Crippen LogP contribution in [0.1, 0.15) is 11.1 Å². The Kier molecular flexibility index (Phi) is 2.53. The third-order valence-electron chi connectivity index (χ3n) is 2.28. The predicted octanol–water partition coefficient (Wildman–Crippen LogP) is 2.18. The Hall–Kier alpha value is -2.05. The maximum Gasteiger partial charge on any atom is 0.419 e. The zero-order valence-corrected chi connectivity index (χ0v) is 8.86. The molecule has 0 aliphatic heterocycles. The van der Waals surface area contributed by atoms with E-state index in [1.165, 1.54) is 12.3 Å². The molecule has 0 saturated carbocycles. The highest BCUT2D eigenvalue weighted by molar-refractivity contribution is 5.49. The number of halogens is 3. The van der Waals surface area contributed by atoms with E-state index in [4.69, 9.17) is 5.73 Å². The fourth-order valence-corrected chi connectivity index (χ4v) is 1.25. The van der Waals surface area contributed by atoms with Crippen LogP contribution in [0.4, 0.5) is 18.9 Å². The van der Waals surface area contributed by atoms with E-state index < -0.39 is 11.7 Å². The molecule has 0 bridgehead atoms. The van der Waals surface area contributed by atoms with E-state index in [9.17, 15) is 13.2 Å². The van der Waals surface area contributed by atoms with Crippen LogP contribution in [-0.2, 0) is 6.18 Å². The smallest absolute Gasteiger partial charge is 0.398 e. The number of rotatable bonds is 1. The van der Waals surface area contributed by atoms with Crippen molar-refractivity contribution >= 4 is 5.69 Å². The first kappa shape index (κ1) is 11.4. The average Bonchev–Trinajstić information content (AvgIpc) is 2.70. The molecule has 2 aromatic heterocycles. The van der Waals surface area contributed by atoms with E-state index in [0.717, 1.165) is 22.6 Å². The Balaban J connectivity index is 2.40. The lowest BCUT2D eigenvalue weighted by Gasteiger charge is -2.04. The Morgan fingerprint density at radius 3 is 2.53 bits per heavy atom. The number of aryl methyl sites for hydroxylation is 1. The molecule has 0 aliphatic rings. The van der Waals surface area contributed by atoms with Gasteiger partial charge in [0.05, 0.1) is 11.8 Å². The highest BCUT2D eigenvalue weighted by Gasteiger charge is 2.32. The number of nitrogens with two attached hydrogens (primary N) is 1. The molecule has 0 aromatic carbocycles. The quantitative estimate of drug-likeness (QED) is 0.833. The number of hydrogen-bond acceptors (Lipinski definition) is 3. The molecule has 2 N–H and O–H groups in total. The first-order valence-electron chi connectivity index (χ1n) is 4.72. The van der Waals surface area contributed by atoms with Crippen molar-refractivity contribution in [2.75, 3.05) is 5.73 Å². The molecule has 0 amide bonds. The lowest BCUT2D eigenvalue weighted by atomic mass is 10.2. The second-order valence-electron chi connectivity index (χ2n) is 3.57. The van der Waals surface area contributed by atoms with Gasteiger partial charge in [-0.05, 0) is 12.5 Å². The lowest BCUT2D eigenvalue weighted by molar-refractivity contribution is -0.137. The van der Waals surface area contributed by atoms with Crippen LogP contribution in [0.3, 0.4) is 0 Å². The summed E-state index contributed by atoms with van der Waals surface area (Å²) in [5.74, 6) is 0.253. The van der Waals surface area contributed by atoms with Gasteiger partial charge in [-0.2, -0.15) is 18.3 Å². The van der Waals surface area contributed by atoms with Gasteiger partial charge >= 0.3 is 6.18 Å². The van der Waals surface area contributed by atoms with Crippen molar-refractivity contribution < 1.29 is 13.2 Å². The van der Waals surface area contributed by atoms with Gasteiger partial charge in [-0.1, -0.05) is 0 Å². The second-order valence-corrected chi connectivity index (χ2v) is 3.57. The molecule has 7 heteroatoms. The summed E-state index contributed by atoms with van der Waals surface area (Å²) in [6.45, 7) is 1.76. The highest BCUT2D eigenvalue weighted by Crippen LogP contribution is 2.29. The molecule has 0 fully saturated rings. The van der Waals surface area contributed by atoms with Crippen LogP contribution in [0.15, 0.2) is 24.7 Å². The minimum absolute atomic E-state index is 0.253. The summed E-state index contributed by atoms with van der Waals surface area (Å²) in [5.41, 5.74) is 6.04. The highest BCUT2D eigenvalue weighted by atomic mass is 19.4. The normalized spacial score (nSPS) is 11.8. The number of aromatic nitrogens is 3. The molecule has 2 heterocycles. The number of hydrogen-bond donors (Lipinski definition) is 1. The monoisotopic (exact) mass is 242 g/mol. The van der Waals surface area contributed by atoms with E-state index in [1.807, 2.05) is 0 Å². The maximum atomic E-state index is 12.4. The number of nitrogens with zero attached hydrogens (tertiary/aromatic N) is 3. The van der Waals surface area contributed by atoms with Crippen molar-refractivity contribution in [2.45, 2.75) is 13.1 Å². The summed E-state index contributed by atoms with van der Waals surface area (Å²) in [6.07, 6.45) is -1.30. The summed E-state index contributed by atoms with van der Waals surface area (Å²) < 4.78 is 38.1. The summed E-state index contributed by atoms with van der Waals surface area (Å²) in [5, 5.41) is 3.60. The van der Waals surface area contributed by atoms with Gasteiger partial charge in [0.25, 0.3) is 0 Å². The molecule has 0 saturated heterocycles. The topological polar surface area (TPSA) is 56.7 Å². The van der Waals surface area contributed by atoms with Crippen molar-refractivity contribution in [1.82, 2.24) is 14.8 Å². The van der Waals surface area contributed by atoms with Crippen molar-refractivity contribution in [1.29, 1.82) is 0 Å². The van der Waals surface area contributed by atoms with Crippen molar-refractivity contribution in [2.24, 2.45) is 0 Å². The minimum Gasteiger partial charge on any atom is -0.398 e. The van der Waals surface area contributed by atoms with Gasteiger partial charge in [0.15, 0.2) is 5.82 Å². The van der Waals surface area contributed by atoms with Crippen LogP contribution in [0.25, 0.3) is 5.82 Å². The summed E-state index contributed by atoms with van der Waals surface area (Å²) in [4.78, 5) is 3.96. The Morgan fingerprint density at radius 2 is 2.00 bits per heavy atom. The van der Waals surface area contributed by atoms with E-state index in [2.05, 4.69) is 10.1 Å². The van der Waals surface area contributed by atoms with Gasteiger partial charge in [0, 0.05) is 24.1 Å². The molecule has 90 valence electrons. The SMILES string of the molecule is Cc1cnc(-n2cc(C(F)(F)F)cn2)cc1N. The molecule has 4 nitrogen and oxygen atoms in total. The zero-order chi connectivity index (χ0) is 12.6. The van der Waals surface area contributed by atoms with Gasteiger partial charge in [-0.15, -0.1) is 0 Å². The number of anilines is 1. The van der Waals surface area contributed by atoms with Crippen LogP contribution >= 0.6 is 0 Å². The van der Waals surface area contributed by atoms with E-state index in [-0.39, 0.29) is 5.82 Å². The van der Waals surface area contributed by atoms with E-state index >= 15 is 0 Å². The largest absolute Gasteiger partial charge is 0.419 e. The zero-order valence-electron chi connectivity index (χ0n) is 8.86. The number of alkyl halides is 3. The summed E-state index contributed by atoms with van der Waals surface area (Å²) in [7, 11) is 0. The van der Waals surface area contributed by atoms with Gasteiger partial charge in [0.2, 0.25) is 0 Å². The van der Waals surface area contributed by atoms with Crippen LogP contribution in [0.2, 0.25) is 0 Å². The van der Waals surface area contributed by atoms with E-state index in [0.29, 0.717) is 5.69 Å². The average molecular weight is 242 g/mol. The molecule has 17 heavy (non-hydrogen) atoms. The third kappa shape index (κ3) is 2.22. The second kappa shape index (κ2) is 3.76. The predicted molar refractivity (Wildman–Crippen MR) is 55.5 cm³/mol. The Morgan fingerprint density at radius 1 is 1.29 bits per heavy atom. The van der Waals surface area contributed by atoms with Gasteiger partial charge in [-0.25, -0.2) is 9.67 Å². The molecule has 0 radical (unpaired) electrons.